The number of thiazole rings is 1. The summed E-state index contributed by atoms with van der Waals surface area (Å²) < 4.78 is 1.39. The van der Waals surface area contributed by atoms with Crippen molar-refractivity contribution in [3.63, 3.8) is 0 Å². The molecule has 1 aliphatic carbocycles. The first kappa shape index (κ1) is 16.4. The zero-order valence-corrected chi connectivity index (χ0v) is 15.2. The van der Waals surface area contributed by atoms with Crippen molar-refractivity contribution in [3.8, 4) is 0 Å². The van der Waals surface area contributed by atoms with E-state index in [1.807, 2.05) is 24.5 Å². The van der Waals surface area contributed by atoms with Crippen molar-refractivity contribution in [1.82, 2.24) is 4.98 Å². The summed E-state index contributed by atoms with van der Waals surface area (Å²) in [7, 11) is 0. The van der Waals surface area contributed by atoms with Gasteiger partial charge in [0.15, 0.2) is 0 Å². The Hall–Kier alpha value is -1.42. The Morgan fingerprint density at radius 2 is 2.09 bits per heavy atom. The number of unbranched alkanes of at least 4 members (excludes halogenated alkanes) is 3. The van der Waals surface area contributed by atoms with Gasteiger partial charge < -0.3 is 0 Å². The molecule has 0 amide bonds. The van der Waals surface area contributed by atoms with Crippen LogP contribution in [0.1, 0.15) is 63.5 Å². The fourth-order valence-electron chi connectivity index (χ4n) is 3.34. The number of benzene rings is 1. The molecule has 1 heterocycles. The Morgan fingerprint density at radius 3 is 2.91 bits per heavy atom. The highest BCUT2D eigenvalue weighted by Crippen LogP contribution is 2.36. The third kappa shape index (κ3) is 3.74. The van der Waals surface area contributed by atoms with Crippen molar-refractivity contribution in [2.75, 3.05) is 11.6 Å². The van der Waals surface area contributed by atoms with Crippen LogP contribution in [-0.2, 0) is 12.8 Å². The van der Waals surface area contributed by atoms with E-state index < -0.39 is 0 Å². The van der Waals surface area contributed by atoms with E-state index in [-0.39, 0.29) is 0 Å². The summed E-state index contributed by atoms with van der Waals surface area (Å²) >= 11 is 1.82. The molecule has 2 aromatic rings. The second-order valence-corrected chi connectivity index (χ2v) is 7.29. The topological polar surface area (TPSA) is 28.5 Å². The van der Waals surface area contributed by atoms with Crippen LogP contribution in [0.2, 0.25) is 0 Å². The number of aryl methyl sites for hydroxylation is 2. The van der Waals surface area contributed by atoms with Gasteiger partial charge in [-0.2, -0.15) is 5.10 Å². The van der Waals surface area contributed by atoms with Crippen LogP contribution in [0, 0.1) is 0 Å². The van der Waals surface area contributed by atoms with Gasteiger partial charge in [0, 0.05) is 12.8 Å². The summed E-state index contributed by atoms with van der Waals surface area (Å²) in [6.45, 7) is 5.19. The van der Waals surface area contributed by atoms with Gasteiger partial charge in [-0.05, 0) is 56.2 Å². The zero-order chi connectivity index (χ0) is 16.1. The molecule has 0 bridgehead atoms. The normalized spacial score (nSPS) is 14.5. The van der Waals surface area contributed by atoms with E-state index in [2.05, 4.69) is 29.2 Å². The number of aromatic nitrogens is 1. The van der Waals surface area contributed by atoms with E-state index in [9.17, 15) is 0 Å². The van der Waals surface area contributed by atoms with E-state index in [4.69, 9.17) is 4.98 Å². The molecule has 124 valence electrons. The maximum Gasteiger partial charge on any atom is 0.207 e. The third-order valence-electron chi connectivity index (χ3n) is 4.57. The maximum absolute atomic E-state index is 4.87. The molecular formula is C19H27N3S. The smallest absolute Gasteiger partial charge is 0.207 e. The van der Waals surface area contributed by atoms with Crippen molar-refractivity contribution >= 4 is 32.9 Å². The monoisotopic (exact) mass is 329 g/mol. The lowest BCUT2D eigenvalue weighted by Crippen LogP contribution is -2.17. The summed E-state index contributed by atoms with van der Waals surface area (Å²) in [4.78, 5) is 4.87. The summed E-state index contributed by atoms with van der Waals surface area (Å²) in [5, 5.41) is 7.70. The van der Waals surface area contributed by atoms with Crippen molar-refractivity contribution in [1.29, 1.82) is 0 Å². The molecule has 23 heavy (non-hydrogen) atoms. The average Bonchev–Trinajstić information content (AvgIpc) is 3.02. The highest BCUT2D eigenvalue weighted by atomic mass is 32.1. The van der Waals surface area contributed by atoms with Gasteiger partial charge in [0.05, 0.1) is 10.2 Å². The average molecular weight is 330 g/mol. The van der Waals surface area contributed by atoms with E-state index in [0.29, 0.717) is 0 Å². The van der Waals surface area contributed by atoms with Crippen LogP contribution in [-0.4, -0.2) is 17.7 Å². The summed E-state index contributed by atoms with van der Waals surface area (Å²) in [6, 6.07) is 4.49. The lowest BCUT2D eigenvalue weighted by Gasteiger charge is -2.15. The molecule has 4 heteroatoms. The van der Waals surface area contributed by atoms with Crippen molar-refractivity contribution in [3.05, 3.63) is 23.3 Å². The second kappa shape index (κ2) is 7.91. The van der Waals surface area contributed by atoms with Gasteiger partial charge >= 0.3 is 0 Å². The van der Waals surface area contributed by atoms with Crippen LogP contribution >= 0.6 is 11.3 Å². The SMILES string of the molecule is C/C=N/N(CCCCCC)c1nc2ccc3c(c2s1)CCCC3. The highest BCUT2D eigenvalue weighted by Gasteiger charge is 2.17. The van der Waals surface area contributed by atoms with Gasteiger partial charge in [0.2, 0.25) is 5.13 Å². The first-order valence-electron chi connectivity index (χ1n) is 9.01. The van der Waals surface area contributed by atoms with Crippen LogP contribution in [0.5, 0.6) is 0 Å². The number of anilines is 1. The number of hydrogen-bond donors (Lipinski definition) is 0. The molecule has 0 spiro atoms. The van der Waals surface area contributed by atoms with Gasteiger partial charge in [-0.25, -0.2) is 9.99 Å². The minimum Gasteiger partial charge on any atom is -0.239 e. The molecule has 0 saturated carbocycles. The Morgan fingerprint density at radius 1 is 1.22 bits per heavy atom. The van der Waals surface area contributed by atoms with Crippen LogP contribution in [0.4, 0.5) is 5.13 Å². The summed E-state index contributed by atoms with van der Waals surface area (Å²) in [6.07, 6.45) is 12.0. The van der Waals surface area contributed by atoms with Crippen molar-refractivity contribution in [2.45, 2.75) is 65.2 Å². The third-order valence-corrected chi connectivity index (χ3v) is 5.71. The van der Waals surface area contributed by atoms with Crippen LogP contribution < -0.4 is 5.01 Å². The summed E-state index contributed by atoms with van der Waals surface area (Å²) in [5.74, 6) is 0. The molecule has 3 nitrogen and oxygen atoms in total. The molecule has 1 aliphatic rings. The number of rotatable bonds is 7. The molecular weight excluding hydrogens is 302 g/mol. The molecule has 3 rings (SSSR count). The minimum absolute atomic E-state index is 0.965. The molecule has 1 aromatic carbocycles. The molecule has 0 fully saturated rings. The van der Waals surface area contributed by atoms with Crippen molar-refractivity contribution in [2.24, 2.45) is 5.10 Å². The van der Waals surface area contributed by atoms with Gasteiger partial charge in [-0.3, -0.25) is 0 Å². The minimum atomic E-state index is 0.965. The van der Waals surface area contributed by atoms with Gasteiger partial charge in [0.25, 0.3) is 0 Å². The molecule has 0 saturated heterocycles. The van der Waals surface area contributed by atoms with Crippen LogP contribution in [0.25, 0.3) is 10.2 Å². The second-order valence-electron chi connectivity index (χ2n) is 6.31. The van der Waals surface area contributed by atoms with Gasteiger partial charge in [-0.1, -0.05) is 43.6 Å². The zero-order valence-electron chi connectivity index (χ0n) is 14.3. The first-order chi connectivity index (χ1) is 11.3. The van der Waals surface area contributed by atoms with Gasteiger partial charge in [0.1, 0.15) is 0 Å². The van der Waals surface area contributed by atoms with E-state index >= 15 is 0 Å². The van der Waals surface area contributed by atoms with E-state index in [0.717, 1.165) is 17.2 Å². The van der Waals surface area contributed by atoms with Gasteiger partial charge in [-0.15, -0.1) is 0 Å². The fourth-order valence-corrected chi connectivity index (χ4v) is 4.49. The standard InChI is InChI=1S/C19H27N3S/c1-3-5-6-9-14-22(20-4-2)19-21-17-13-12-15-10-7-8-11-16(15)18(17)23-19/h4,12-13H,3,5-11,14H2,1-2H3/b20-4+. The Kier molecular flexibility index (Phi) is 5.65. The Balaban J connectivity index is 1.85. The molecule has 1 aromatic heterocycles. The molecule has 0 radical (unpaired) electrons. The largest absolute Gasteiger partial charge is 0.239 e. The first-order valence-corrected chi connectivity index (χ1v) is 9.82. The predicted molar refractivity (Wildman–Crippen MR) is 102 cm³/mol. The Labute approximate surface area is 143 Å². The molecule has 0 aliphatic heterocycles. The molecule has 0 N–H and O–H groups in total. The van der Waals surface area contributed by atoms with E-state index in [1.54, 1.807) is 5.56 Å². The Bertz CT molecular complexity index is 675. The fraction of sp³-hybridized carbons (Fsp3) is 0.579. The molecule has 0 unspecified atom stereocenters. The van der Waals surface area contributed by atoms with Crippen LogP contribution in [0.15, 0.2) is 17.2 Å². The number of fused-ring (bicyclic) bond motifs is 3. The molecule has 0 atom stereocenters. The maximum atomic E-state index is 4.87. The van der Waals surface area contributed by atoms with E-state index in [1.165, 1.54) is 61.6 Å². The lowest BCUT2D eigenvalue weighted by atomic mass is 9.91. The van der Waals surface area contributed by atoms with Crippen LogP contribution in [0.3, 0.4) is 0 Å². The summed E-state index contributed by atoms with van der Waals surface area (Å²) in [5.41, 5.74) is 4.23. The van der Waals surface area contributed by atoms with Crippen molar-refractivity contribution < 1.29 is 0 Å². The number of hydrogen-bond acceptors (Lipinski definition) is 4. The number of nitrogens with zero attached hydrogens (tertiary/aromatic N) is 3. The highest BCUT2D eigenvalue weighted by molar-refractivity contribution is 7.22. The lowest BCUT2D eigenvalue weighted by molar-refractivity contribution is 0.651. The quantitative estimate of drug-likeness (QED) is 0.377. The number of hydrazone groups is 1. The predicted octanol–water partition coefficient (Wildman–Crippen LogP) is 5.57.